The number of carbonyl (C=O) groups excluding carboxylic acids is 1. The van der Waals surface area contributed by atoms with Crippen LogP contribution in [-0.2, 0) is 20.4 Å². The zero-order valence-electron chi connectivity index (χ0n) is 12.6. The number of sulfone groups is 1. The van der Waals surface area contributed by atoms with Crippen LogP contribution in [0.25, 0.3) is 0 Å². The second-order valence-electron chi connectivity index (χ2n) is 6.21. The molecule has 3 rings (SSSR count). The summed E-state index contributed by atoms with van der Waals surface area (Å²) in [6.07, 6.45) is 5.97. The molecule has 0 aromatic carbocycles. The molecule has 1 aromatic rings. The Labute approximate surface area is 129 Å². The van der Waals surface area contributed by atoms with Gasteiger partial charge in [0.25, 0.3) is 0 Å². The molecule has 0 saturated heterocycles. The van der Waals surface area contributed by atoms with Gasteiger partial charge in [-0.25, -0.2) is 13.1 Å². The monoisotopic (exact) mass is 327 g/mol. The van der Waals surface area contributed by atoms with Crippen molar-refractivity contribution < 1.29 is 13.2 Å². The van der Waals surface area contributed by atoms with Crippen molar-refractivity contribution in [2.45, 2.75) is 68.5 Å². The maximum atomic E-state index is 12.4. The first-order valence-corrected chi connectivity index (χ1v) is 9.47. The number of nitrogens with one attached hydrogen (secondary N) is 1. The van der Waals surface area contributed by atoms with Crippen LogP contribution < -0.4 is 5.32 Å². The van der Waals surface area contributed by atoms with E-state index in [-0.39, 0.29) is 17.8 Å². The Kier molecular flexibility index (Phi) is 4.16. The average Bonchev–Trinajstić information content (AvgIpc) is 2.99. The largest absolute Gasteiger partial charge is 0.352 e. The lowest BCUT2D eigenvalue weighted by atomic mass is 10.2. The molecule has 2 saturated carbocycles. The predicted molar refractivity (Wildman–Crippen MR) is 78.6 cm³/mol. The first-order chi connectivity index (χ1) is 10.5. The number of amides is 1. The number of hydrogen-bond donors (Lipinski definition) is 1. The Morgan fingerprint density at radius 3 is 2.64 bits per heavy atom. The molecule has 0 bridgehead atoms. The molecule has 1 atom stereocenters. The summed E-state index contributed by atoms with van der Waals surface area (Å²) in [6, 6.07) is 0.324. The Morgan fingerprint density at radius 1 is 1.32 bits per heavy atom. The summed E-state index contributed by atoms with van der Waals surface area (Å²) in [5.41, 5.74) is 0. The number of carbonyl (C=O) groups is 1. The second kappa shape index (κ2) is 5.94. The van der Waals surface area contributed by atoms with Gasteiger partial charge in [-0.15, -0.1) is 5.10 Å². The van der Waals surface area contributed by atoms with E-state index in [2.05, 4.69) is 20.8 Å². The van der Waals surface area contributed by atoms with E-state index in [0.717, 1.165) is 38.5 Å². The van der Waals surface area contributed by atoms with Crippen molar-refractivity contribution in [3.63, 3.8) is 0 Å². The van der Waals surface area contributed by atoms with Crippen LogP contribution in [0.3, 0.4) is 0 Å². The van der Waals surface area contributed by atoms with E-state index in [0.29, 0.717) is 5.82 Å². The van der Waals surface area contributed by atoms with Crippen LogP contribution in [0.5, 0.6) is 0 Å². The molecular weight excluding hydrogens is 306 g/mol. The van der Waals surface area contributed by atoms with Gasteiger partial charge in [-0.3, -0.25) is 4.79 Å². The van der Waals surface area contributed by atoms with E-state index in [4.69, 9.17) is 0 Å². The number of tetrazole rings is 1. The molecule has 9 heteroatoms. The van der Waals surface area contributed by atoms with E-state index >= 15 is 0 Å². The van der Waals surface area contributed by atoms with Gasteiger partial charge in [0.15, 0.2) is 15.7 Å². The molecule has 2 aliphatic rings. The predicted octanol–water partition coefficient (Wildman–Crippen LogP) is 0.370. The third kappa shape index (κ3) is 3.29. The Hall–Kier alpha value is -1.51. The lowest BCUT2D eigenvalue weighted by Crippen LogP contribution is -2.42. The highest BCUT2D eigenvalue weighted by molar-refractivity contribution is 7.92. The molecule has 2 aliphatic carbocycles. The highest BCUT2D eigenvalue weighted by atomic mass is 32.2. The molecule has 122 valence electrons. The lowest BCUT2D eigenvalue weighted by molar-refractivity contribution is -0.121. The van der Waals surface area contributed by atoms with Gasteiger partial charge in [0.05, 0.1) is 6.04 Å². The molecule has 1 aromatic heterocycles. The van der Waals surface area contributed by atoms with Crippen molar-refractivity contribution in [1.29, 1.82) is 0 Å². The lowest BCUT2D eigenvalue weighted by Gasteiger charge is -2.16. The fraction of sp³-hybridized carbons (Fsp3) is 0.846. The van der Waals surface area contributed by atoms with Gasteiger partial charge in [-0.1, -0.05) is 12.8 Å². The van der Waals surface area contributed by atoms with Crippen LogP contribution in [-0.4, -0.2) is 45.8 Å². The summed E-state index contributed by atoms with van der Waals surface area (Å²) in [7, 11) is -3.63. The first kappa shape index (κ1) is 15.4. The van der Waals surface area contributed by atoms with Gasteiger partial charge in [0.1, 0.15) is 11.0 Å². The molecule has 1 heterocycles. The number of aromatic nitrogens is 4. The van der Waals surface area contributed by atoms with E-state index in [1.165, 1.54) is 6.92 Å². The van der Waals surface area contributed by atoms with E-state index in [9.17, 15) is 13.2 Å². The quantitative estimate of drug-likeness (QED) is 0.809. The number of hydrogen-bond acceptors (Lipinski definition) is 6. The van der Waals surface area contributed by atoms with Crippen LogP contribution in [0.1, 0.15) is 57.3 Å². The van der Waals surface area contributed by atoms with Crippen molar-refractivity contribution in [2.75, 3.05) is 0 Å². The summed E-state index contributed by atoms with van der Waals surface area (Å²) in [5, 5.41) is 12.9. The van der Waals surface area contributed by atoms with E-state index in [1.54, 1.807) is 4.68 Å². The third-order valence-corrected chi connectivity index (χ3v) is 6.35. The smallest absolute Gasteiger partial charge is 0.238 e. The van der Waals surface area contributed by atoms with Crippen LogP contribution in [0.2, 0.25) is 0 Å². The SMILES string of the molecule is CC(C(=O)NC1CCCC1)S(=O)(=O)Cc1nnnn1C1CC1. The van der Waals surface area contributed by atoms with Gasteiger partial charge < -0.3 is 5.32 Å². The molecule has 0 spiro atoms. The second-order valence-corrected chi connectivity index (χ2v) is 8.53. The van der Waals surface area contributed by atoms with Crippen LogP contribution in [0.15, 0.2) is 0 Å². The molecule has 2 fully saturated rings. The molecule has 1 N–H and O–H groups in total. The summed E-state index contributed by atoms with van der Waals surface area (Å²) < 4.78 is 26.4. The van der Waals surface area contributed by atoms with Crippen molar-refractivity contribution in [2.24, 2.45) is 0 Å². The van der Waals surface area contributed by atoms with Crippen LogP contribution in [0, 0.1) is 0 Å². The maximum absolute atomic E-state index is 12.4. The molecule has 8 nitrogen and oxygen atoms in total. The zero-order chi connectivity index (χ0) is 15.7. The minimum atomic E-state index is -3.63. The molecule has 0 aliphatic heterocycles. The summed E-state index contributed by atoms with van der Waals surface area (Å²) >= 11 is 0. The molecular formula is C13H21N5O3S. The van der Waals surface area contributed by atoms with E-state index < -0.39 is 21.0 Å². The topological polar surface area (TPSA) is 107 Å². The highest BCUT2D eigenvalue weighted by Crippen LogP contribution is 2.34. The highest BCUT2D eigenvalue weighted by Gasteiger charge is 2.34. The van der Waals surface area contributed by atoms with Crippen molar-refractivity contribution >= 4 is 15.7 Å². The number of rotatable bonds is 6. The molecule has 0 radical (unpaired) electrons. The van der Waals surface area contributed by atoms with Crippen molar-refractivity contribution in [1.82, 2.24) is 25.5 Å². The molecule has 1 unspecified atom stereocenters. The first-order valence-electron chi connectivity index (χ1n) is 7.76. The van der Waals surface area contributed by atoms with Crippen molar-refractivity contribution in [3.05, 3.63) is 5.82 Å². The maximum Gasteiger partial charge on any atom is 0.238 e. The average molecular weight is 327 g/mol. The Balaban J connectivity index is 1.65. The van der Waals surface area contributed by atoms with Gasteiger partial charge >= 0.3 is 0 Å². The van der Waals surface area contributed by atoms with Crippen LogP contribution in [0.4, 0.5) is 0 Å². The Bertz CT molecular complexity index is 646. The standard InChI is InChI=1S/C13H21N5O3S/c1-9(13(19)14-10-4-2-3-5-10)22(20,21)8-12-15-16-17-18(12)11-6-7-11/h9-11H,2-8H2,1H3,(H,14,19). The van der Waals surface area contributed by atoms with Gasteiger partial charge in [-0.05, 0) is 43.0 Å². The fourth-order valence-corrected chi connectivity index (χ4v) is 3.96. The van der Waals surface area contributed by atoms with Crippen molar-refractivity contribution in [3.8, 4) is 0 Å². The zero-order valence-corrected chi connectivity index (χ0v) is 13.4. The minimum Gasteiger partial charge on any atom is -0.352 e. The molecule has 1 amide bonds. The van der Waals surface area contributed by atoms with Gasteiger partial charge in [-0.2, -0.15) is 0 Å². The van der Waals surface area contributed by atoms with E-state index in [1.807, 2.05) is 0 Å². The van der Waals surface area contributed by atoms with Gasteiger partial charge in [0, 0.05) is 6.04 Å². The van der Waals surface area contributed by atoms with Crippen LogP contribution >= 0.6 is 0 Å². The fourth-order valence-electron chi connectivity index (χ4n) is 2.77. The summed E-state index contributed by atoms with van der Waals surface area (Å²) in [6.45, 7) is 1.44. The number of nitrogens with zero attached hydrogens (tertiary/aromatic N) is 4. The Morgan fingerprint density at radius 2 is 2.00 bits per heavy atom. The summed E-state index contributed by atoms with van der Waals surface area (Å²) in [5.74, 6) is -0.393. The summed E-state index contributed by atoms with van der Waals surface area (Å²) in [4.78, 5) is 12.2. The normalized spacial score (nSPS) is 21.0. The third-order valence-electron chi connectivity index (χ3n) is 4.39. The molecule has 22 heavy (non-hydrogen) atoms. The van der Waals surface area contributed by atoms with Gasteiger partial charge in [0.2, 0.25) is 5.91 Å². The minimum absolute atomic E-state index is 0.113.